The van der Waals surface area contributed by atoms with Crippen LogP contribution in [0.5, 0.6) is 17.2 Å². The highest BCUT2D eigenvalue weighted by molar-refractivity contribution is 5.91. The molecule has 0 spiro atoms. The Labute approximate surface area is 152 Å². The summed E-state index contributed by atoms with van der Waals surface area (Å²) in [6, 6.07) is 5.78. The van der Waals surface area contributed by atoms with Crippen molar-refractivity contribution in [2.45, 2.75) is 19.4 Å². The Kier molecular flexibility index (Phi) is 8.66. The second-order valence-corrected chi connectivity index (χ2v) is 5.49. The van der Waals surface area contributed by atoms with E-state index in [4.69, 9.17) is 20.1 Å². The molecular formula is C19H24N2O5. The first-order valence-electron chi connectivity index (χ1n) is 7.95. The molecule has 0 fully saturated rings. The lowest BCUT2D eigenvalue weighted by molar-refractivity contribution is 0.0693. The summed E-state index contributed by atoms with van der Waals surface area (Å²) in [5.74, 6) is -1.01. The molecule has 1 aromatic heterocycles. The molecule has 2 rings (SSSR count). The average Bonchev–Trinajstić information content (AvgIpc) is 2.64. The zero-order valence-corrected chi connectivity index (χ0v) is 15.0. The normalized spacial score (nSPS) is 11.5. The number of rotatable bonds is 6. The minimum absolute atomic E-state index is 0.180. The molecular weight excluding hydrogens is 336 g/mol. The molecule has 0 amide bonds. The van der Waals surface area contributed by atoms with E-state index >= 15 is 0 Å². The molecule has 1 heterocycles. The number of nitrogens with zero attached hydrogens (tertiary/aromatic N) is 1. The van der Waals surface area contributed by atoms with Crippen LogP contribution >= 0.6 is 0 Å². The molecule has 0 saturated heterocycles. The second-order valence-electron chi connectivity index (χ2n) is 5.49. The van der Waals surface area contributed by atoms with Crippen molar-refractivity contribution < 1.29 is 24.9 Å². The molecule has 4 N–H and O–H groups in total. The number of phenols is 2. The zero-order valence-electron chi connectivity index (χ0n) is 15.0. The Bertz CT molecular complexity index is 746. The number of benzene rings is 1. The number of ether oxygens (including phenoxy) is 1. The molecule has 7 heteroatoms. The third kappa shape index (κ3) is 7.23. The first kappa shape index (κ1) is 21.0. The van der Waals surface area contributed by atoms with Crippen molar-refractivity contribution in [2.24, 2.45) is 0 Å². The summed E-state index contributed by atoms with van der Waals surface area (Å²) < 4.78 is 5.09. The minimum atomic E-state index is -1.27. The zero-order chi connectivity index (χ0) is 19.5. The monoisotopic (exact) mass is 360 g/mol. The quantitative estimate of drug-likeness (QED) is 0.586. The highest BCUT2D eigenvalue weighted by Gasteiger charge is 2.08. The molecule has 0 unspecified atom stereocenters. The number of methoxy groups -OCH3 is 1. The second kappa shape index (κ2) is 10.7. The molecule has 0 radical (unpaired) electrons. The number of aromatic nitrogens is 1. The SMILES string of the molecule is CN[C@@H](C)CC=Cc1cncc(OC)c1.O=C(O)c1cc(O)ccc1O. The van der Waals surface area contributed by atoms with E-state index in [1.165, 1.54) is 6.07 Å². The van der Waals surface area contributed by atoms with Gasteiger partial charge in [-0.2, -0.15) is 0 Å². The van der Waals surface area contributed by atoms with Crippen molar-refractivity contribution in [2.75, 3.05) is 14.2 Å². The summed E-state index contributed by atoms with van der Waals surface area (Å²) in [4.78, 5) is 14.4. The van der Waals surface area contributed by atoms with Crippen molar-refractivity contribution >= 4 is 12.0 Å². The Hall–Kier alpha value is -3.06. The van der Waals surface area contributed by atoms with Crippen molar-refractivity contribution in [3.05, 3.63) is 53.9 Å². The van der Waals surface area contributed by atoms with E-state index in [0.29, 0.717) is 6.04 Å². The fraction of sp³-hybridized carbons (Fsp3) is 0.263. The van der Waals surface area contributed by atoms with Gasteiger partial charge in [-0.05, 0) is 50.2 Å². The maximum atomic E-state index is 10.3. The smallest absolute Gasteiger partial charge is 0.339 e. The number of aromatic carboxylic acids is 1. The predicted octanol–water partition coefficient (Wildman–Crippen LogP) is 2.90. The van der Waals surface area contributed by atoms with Crippen molar-refractivity contribution in [3.63, 3.8) is 0 Å². The van der Waals surface area contributed by atoms with Crippen LogP contribution in [-0.4, -0.2) is 46.5 Å². The first-order chi connectivity index (χ1) is 12.4. The molecule has 1 aromatic carbocycles. The summed E-state index contributed by atoms with van der Waals surface area (Å²) in [5.41, 5.74) is 0.766. The minimum Gasteiger partial charge on any atom is -0.508 e. The molecule has 0 aliphatic heterocycles. The first-order valence-corrected chi connectivity index (χ1v) is 7.95. The van der Waals surface area contributed by atoms with Gasteiger partial charge in [-0.25, -0.2) is 4.79 Å². The van der Waals surface area contributed by atoms with Crippen LogP contribution in [0.2, 0.25) is 0 Å². The molecule has 0 aliphatic carbocycles. The van der Waals surface area contributed by atoms with Gasteiger partial charge >= 0.3 is 5.97 Å². The molecule has 26 heavy (non-hydrogen) atoms. The van der Waals surface area contributed by atoms with Gasteiger partial charge in [0.1, 0.15) is 22.8 Å². The molecule has 0 aliphatic rings. The van der Waals surface area contributed by atoms with Crippen molar-refractivity contribution in [3.8, 4) is 17.2 Å². The van der Waals surface area contributed by atoms with Gasteiger partial charge < -0.3 is 25.4 Å². The lowest BCUT2D eigenvalue weighted by Crippen LogP contribution is -2.19. The number of carboxylic acids is 1. The van der Waals surface area contributed by atoms with Crippen LogP contribution < -0.4 is 10.1 Å². The van der Waals surface area contributed by atoms with E-state index in [-0.39, 0.29) is 17.1 Å². The van der Waals surface area contributed by atoms with E-state index in [1.807, 2.05) is 19.3 Å². The molecule has 140 valence electrons. The average molecular weight is 360 g/mol. The van der Waals surface area contributed by atoms with E-state index in [0.717, 1.165) is 29.9 Å². The van der Waals surface area contributed by atoms with Gasteiger partial charge in [0.25, 0.3) is 0 Å². The lowest BCUT2D eigenvalue weighted by Gasteiger charge is -2.05. The predicted molar refractivity (Wildman–Crippen MR) is 99.7 cm³/mol. The summed E-state index contributed by atoms with van der Waals surface area (Å²) >= 11 is 0. The highest BCUT2D eigenvalue weighted by Crippen LogP contribution is 2.21. The maximum Gasteiger partial charge on any atom is 0.339 e. The van der Waals surface area contributed by atoms with Gasteiger partial charge in [0.15, 0.2) is 0 Å². The van der Waals surface area contributed by atoms with Crippen LogP contribution in [0, 0.1) is 0 Å². The van der Waals surface area contributed by atoms with Crippen LogP contribution in [0.1, 0.15) is 29.3 Å². The Morgan fingerprint density at radius 1 is 1.31 bits per heavy atom. The van der Waals surface area contributed by atoms with Crippen LogP contribution in [0.15, 0.2) is 42.7 Å². The van der Waals surface area contributed by atoms with E-state index in [2.05, 4.69) is 29.4 Å². The Morgan fingerprint density at radius 2 is 2.04 bits per heavy atom. The van der Waals surface area contributed by atoms with E-state index in [1.54, 1.807) is 13.3 Å². The highest BCUT2D eigenvalue weighted by atomic mass is 16.5. The standard InChI is InChI=1S/C12H18N2O.C7H6O4/c1-10(13-2)5-4-6-11-7-12(15-3)9-14-8-11;8-4-1-2-6(9)5(3-4)7(10)11/h4,6-10,13H,5H2,1-3H3;1-3,8-9H,(H,10,11)/t10-;/m0./s1. The van der Waals surface area contributed by atoms with Crippen molar-refractivity contribution in [1.29, 1.82) is 0 Å². The van der Waals surface area contributed by atoms with Gasteiger partial charge in [0.2, 0.25) is 0 Å². The number of carboxylic acid groups (broad SMARTS) is 1. The van der Waals surface area contributed by atoms with Crippen LogP contribution in [-0.2, 0) is 0 Å². The van der Waals surface area contributed by atoms with Gasteiger partial charge in [-0.3, -0.25) is 4.98 Å². The largest absolute Gasteiger partial charge is 0.508 e. The topological polar surface area (TPSA) is 112 Å². The maximum absolute atomic E-state index is 10.3. The number of pyridine rings is 1. The Balaban J connectivity index is 0.000000273. The van der Waals surface area contributed by atoms with Crippen molar-refractivity contribution in [1.82, 2.24) is 10.3 Å². The summed E-state index contributed by atoms with van der Waals surface area (Å²) in [6.45, 7) is 2.15. The Morgan fingerprint density at radius 3 is 2.62 bits per heavy atom. The van der Waals surface area contributed by atoms with Gasteiger partial charge in [-0.1, -0.05) is 12.2 Å². The number of hydrogen-bond donors (Lipinski definition) is 4. The summed E-state index contributed by atoms with van der Waals surface area (Å²) in [6.07, 6.45) is 8.73. The lowest BCUT2D eigenvalue weighted by atomic mass is 10.2. The molecule has 7 nitrogen and oxygen atoms in total. The number of carbonyl (C=O) groups is 1. The molecule has 0 bridgehead atoms. The third-order valence-corrected chi connectivity index (χ3v) is 3.47. The van der Waals surface area contributed by atoms with Gasteiger partial charge in [0.05, 0.1) is 13.3 Å². The molecule has 2 aromatic rings. The van der Waals surface area contributed by atoms with E-state index in [9.17, 15) is 4.79 Å². The van der Waals surface area contributed by atoms with E-state index < -0.39 is 5.97 Å². The number of phenolic OH excluding ortho intramolecular Hbond substituents is 1. The summed E-state index contributed by atoms with van der Waals surface area (Å²) in [5, 5.41) is 29.3. The molecule has 0 saturated carbocycles. The number of aromatic hydroxyl groups is 2. The van der Waals surface area contributed by atoms with Gasteiger partial charge in [0, 0.05) is 12.2 Å². The molecule has 1 atom stereocenters. The summed E-state index contributed by atoms with van der Waals surface area (Å²) in [7, 11) is 3.61. The fourth-order valence-corrected chi connectivity index (χ4v) is 1.86. The van der Waals surface area contributed by atoms with Crippen LogP contribution in [0.4, 0.5) is 0 Å². The third-order valence-electron chi connectivity index (χ3n) is 3.47. The van der Waals surface area contributed by atoms with Gasteiger partial charge in [-0.15, -0.1) is 0 Å². The fourth-order valence-electron chi connectivity index (χ4n) is 1.86. The van der Waals surface area contributed by atoms with Crippen LogP contribution in [0.3, 0.4) is 0 Å². The number of hydrogen-bond acceptors (Lipinski definition) is 6. The number of nitrogens with one attached hydrogen (secondary N) is 1. The van der Waals surface area contributed by atoms with Crippen LogP contribution in [0.25, 0.3) is 6.08 Å².